The molecule has 23 heavy (non-hydrogen) atoms. The quantitative estimate of drug-likeness (QED) is 0.823. The summed E-state index contributed by atoms with van der Waals surface area (Å²) >= 11 is 0. The van der Waals surface area contributed by atoms with E-state index in [0.717, 1.165) is 11.3 Å². The second kappa shape index (κ2) is 18.7. The Morgan fingerprint density at radius 3 is 1.87 bits per heavy atom. The average molecular weight is 323 g/mol. The zero-order valence-corrected chi connectivity index (χ0v) is 15.8. The van der Waals surface area contributed by atoms with Crippen molar-refractivity contribution in [1.29, 1.82) is 0 Å². The van der Waals surface area contributed by atoms with E-state index >= 15 is 0 Å². The van der Waals surface area contributed by atoms with Gasteiger partial charge in [-0.05, 0) is 30.5 Å². The second-order valence-electron chi connectivity index (χ2n) is 4.81. The van der Waals surface area contributed by atoms with Crippen molar-refractivity contribution in [3.8, 4) is 5.75 Å². The van der Waals surface area contributed by atoms with Crippen LogP contribution in [0.15, 0.2) is 30.3 Å². The minimum Gasteiger partial charge on any atom is -0.497 e. The summed E-state index contributed by atoms with van der Waals surface area (Å²) in [6.45, 7) is 8.58. The van der Waals surface area contributed by atoms with Crippen LogP contribution in [0, 0.1) is 0 Å². The Kier molecular flexibility index (Phi) is 19.5. The van der Waals surface area contributed by atoms with Crippen LogP contribution < -0.4 is 16.2 Å². The molecule has 0 aliphatic heterocycles. The zero-order chi connectivity index (χ0) is 17.9. The smallest absolute Gasteiger partial charge is 0.118 e. The summed E-state index contributed by atoms with van der Waals surface area (Å²) in [7, 11) is 1.66. The highest BCUT2D eigenvalue weighted by molar-refractivity contribution is 5.50. The van der Waals surface area contributed by atoms with E-state index in [9.17, 15) is 0 Å². The Morgan fingerprint density at radius 2 is 1.52 bits per heavy atom. The lowest BCUT2D eigenvalue weighted by Crippen LogP contribution is -2.22. The molecule has 3 nitrogen and oxygen atoms in total. The first-order chi connectivity index (χ1) is 11.3. The monoisotopic (exact) mass is 322 g/mol. The van der Waals surface area contributed by atoms with Gasteiger partial charge in [-0.2, -0.15) is 0 Å². The molecule has 0 amide bonds. The van der Waals surface area contributed by atoms with Crippen LogP contribution in [0.1, 0.15) is 65.4 Å². The molecule has 2 rings (SSSR count). The molecule has 1 aliphatic rings. The van der Waals surface area contributed by atoms with Gasteiger partial charge in [-0.25, -0.2) is 0 Å². The topological polar surface area (TPSA) is 61.3 Å². The van der Waals surface area contributed by atoms with E-state index in [0.29, 0.717) is 12.6 Å². The Hall–Kier alpha value is -1.32. The van der Waals surface area contributed by atoms with Gasteiger partial charge in [-0.15, -0.1) is 0 Å². The highest BCUT2D eigenvalue weighted by atomic mass is 16.5. The van der Waals surface area contributed by atoms with Gasteiger partial charge in [0.05, 0.1) is 7.11 Å². The van der Waals surface area contributed by atoms with Crippen LogP contribution in [-0.2, 0) is 0 Å². The Balaban J connectivity index is 0. The molecule has 0 spiro atoms. The van der Waals surface area contributed by atoms with Gasteiger partial charge in [-0.3, -0.25) is 0 Å². The standard InChI is InChI=1S/C10H13NO.C6H13N.2C2H6/c1-12-10-6-4-9(5-7-10)3-2-8-11;7-6-4-2-1-3-5-6;2*1-2/h2-7H,8,11H2,1H3;6H,1-5,7H2;2*1-2H3/b3-2+;;;. The molecule has 0 atom stereocenters. The third-order valence-corrected chi connectivity index (χ3v) is 3.21. The van der Waals surface area contributed by atoms with Crippen molar-refractivity contribution in [1.82, 2.24) is 0 Å². The summed E-state index contributed by atoms with van der Waals surface area (Å²) in [6, 6.07) is 8.37. The van der Waals surface area contributed by atoms with E-state index in [1.165, 1.54) is 32.1 Å². The predicted molar refractivity (Wildman–Crippen MR) is 105 cm³/mol. The number of methoxy groups -OCH3 is 1. The maximum Gasteiger partial charge on any atom is 0.118 e. The average Bonchev–Trinajstić information content (AvgIpc) is 2.65. The number of rotatable bonds is 3. The van der Waals surface area contributed by atoms with Crippen molar-refractivity contribution in [3.63, 3.8) is 0 Å². The molecular formula is C20H38N2O. The fourth-order valence-electron chi connectivity index (χ4n) is 2.05. The molecule has 0 saturated heterocycles. The number of ether oxygens (including phenoxy) is 1. The van der Waals surface area contributed by atoms with Gasteiger partial charge < -0.3 is 16.2 Å². The SMILES string of the molecule is CC.CC.COc1ccc(/C=C/CN)cc1.NC1CCCCC1. The molecule has 4 N–H and O–H groups in total. The predicted octanol–water partition coefficient (Wildman–Crippen LogP) is 5.00. The van der Waals surface area contributed by atoms with Gasteiger partial charge in [0.25, 0.3) is 0 Å². The molecule has 0 unspecified atom stereocenters. The van der Waals surface area contributed by atoms with Gasteiger partial charge in [0, 0.05) is 12.6 Å². The van der Waals surface area contributed by atoms with Crippen LogP contribution in [0.3, 0.4) is 0 Å². The summed E-state index contributed by atoms with van der Waals surface area (Å²) in [5, 5.41) is 0. The van der Waals surface area contributed by atoms with Crippen LogP contribution in [0.2, 0.25) is 0 Å². The van der Waals surface area contributed by atoms with E-state index in [-0.39, 0.29) is 0 Å². The molecule has 1 aromatic rings. The van der Waals surface area contributed by atoms with Gasteiger partial charge in [0.1, 0.15) is 5.75 Å². The van der Waals surface area contributed by atoms with Gasteiger partial charge >= 0.3 is 0 Å². The van der Waals surface area contributed by atoms with Crippen molar-refractivity contribution >= 4 is 6.08 Å². The van der Waals surface area contributed by atoms with Crippen molar-refractivity contribution in [2.24, 2.45) is 11.5 Å². The maximum atomic E-state index is 5.63. The molecule has 1 saturated carbocycles. The first-order valence-electron chi connectivity index (χ1n) is 9.02. The molecule has 134 valence electrons. The summed E-state index contributed by atoms with van der Waals surface area (Å²) in [5.41, 5.74) is 12.1. The van der Waals surface area contributed by atoms with E-state index < -0.39 is 0 Å². The summed E-state index contributed by atoms with van der Waals surface area (Å²) < 4.78 is 5.02. The van der Waals surface area contributed by atoms with E-state index in [2.05, 4.69) is 0 Å². The summed E-state index contributed by atoms with van der Waals surface area (Å²) in [6.07, 6.45) is 10.6. The molecular weight excluding hydrogens is 284 g/mol. The normalized spacial score (nSPS) is 13.7. The first kappa shape index (κ1) is 23.9. The lowest BCUT2D eigenvalue weighted by molar-refractivity contribution is 0.415. The summed E-state index contributed by atoms with van der Waals surface area (Å²) in [5.74, 6) is 0.875. The second-order valence-corrected chi connectivity index (χ2v) is 4.81. The minimum atomic E-state index is 0.536. The van der Waals surface area contributed by atoms with E-state index in [1.807, 2.05) is 64.1 Å². The molecule has 1 fully saturated rings. The number of benzene rings is 1. The van der Waals surface area contributed by atoms with Crippen molar-refractivity contribution in [2.75, 3.05) is 13.7 Å². The highest BCUT2D eigenvalue weighted by Crippen LogP contribution is 2.14. The number of hydrogen-bond acceptors (Lipinski definition) is 3. The van der Waals surface area contributed by atoms with Crippen molar-refractivity contribution in [2.45, 2.75) is 65.8 Å². The summed E-state index contributed by atoms with van der Waals surface area (Å²) in [4.78, 5) is 0. The fourth-order valence-corrected chi connectivity index (χ4v) is 2.05. The number of nitrogens with two attached hydrogens (primary N) is 2. The minimum absolute atomic E-state index is 0.536. The lowest BCUT2D eigenvalue weighted by atomic mass is 9.97. The van der Waals surface area contributed by atoms with E-state index in [4.69, 9.17) is 16.2 Å². The Morgan fingerprint density at radius 1 is 1.00 bits per heavy atom. The third kappa shape index (κ3) is 14.0. The van der Waals surface area contributed by atoms with Gasteiger partial charge in [0.2, 0.25) is 0 Å². The molecule has 0 bridgehead atoms. The molecule has 3 heteroatoms. The molecule has 0 aromatic heterocycles. The Bertz CT molecular complexity index is 354. The largest absolute Gasteiger partial charge is 0.497 e. The third-order valence-electron chi connectivity index (χ3n) is 3.21. The fraction of sp³-hybridized carbons (Fsp3) is 0.600. The molecule has 0 heterocycles. The Labute approximate surface area is 144 Å². The van der Waals surface area contributed by atoms with Crippen LogP contribution in [-0.4, -0.2) is 19.7 Å². The first-order valence-corrected chi connectivity index (χ1v) is 9.02. The maximum absolute atomic E-state index is 5.63. The van der Waals surface area contributed by atoms with Gasteiger partial charge in [0.15, 0.2) is 0 Å². The molecule has 1 aromatic carbocycles. The zero-order valence-electron chi connectivity index (χ0n) is 15.8. The molecule has 0 radical (unpaired) electrons. The van der Waals surface area contributed by atoms with Crippen LogP contribution in [0.5, 0.6) is 5.75 Å². The highest BCUT2D eigenvalue weighted by Gasteiger charge is 2.06. The van der Waals surface area contributed by atoms with Crippen LogP contribution >= 0.6 is 0 Å². The van der Waals surface area contributed by atoms with E-state index in [1.54, 1.807) is 7.11 Å². The lowest BCUT2D eigenvalue weighted by Gasteiger charge is -2.15. The van der Waals surface area contributed by atoms with Gasteiger partial charge in [-0.1, -0.05) is 71.2 Å². The van der Waals surface area contributed by atoms with Crippen molar-refractivity contribution in [3.05, 3.63) is 35.9 Å². The van der Waals surface area contributed by atoms with Crippen LogP contribution in [0.4, 0.5) is 0 Å². The van der Waals surface area contributed by atoms with Crippen LogP contribution in [0.25, 0.3) is 6.08 Å². The van der Waals surface area contributed by atoms with Crippen molar-refractivity contribution < 1.29 is 4.74 Å². The number of hydrogen-bond donors (Lipinski definition) is 2. The molecule has 1 aliphatic carbocycles.